The maximum Gasteiger partial charge on any atom is 0.0962 e. The van der Waals surface area contributed by atoms with Crippen LogP contribution in [0.1, 0.15) is 79.1 Å². The molecule has 2 saturated carbocycles. The van der Waals surface area contributed by atoms with E-state index < -0.39 is 0 Å². The summed E-state index contributed by atoms with van der Waals surface area (Å²) in [6.07, 6.45) is 12.2. The number of ether oxygens (including phenoxy) is 1. The van der Waals surface area contributed by atoms with Crippen LogP contribution in [-0.2, 0) is 4.74 Å². The van der Waals surface area contributed by atoms with E-state index in [9.17, 15) is 0 Å². The predicted octanol–water partition coefficient (Wildman–Crippen LogP) is 5.57. The standard InChI is InChI=1S/C23H36N2O/c1-5-15-13-17-18-7-8-21(25-24)23(18,4)12-10-19(17)22(3)11-9-16(26-6-2)14-20(15)22/h14,17-19H,5-13,24H2,1-4H3/b25-21+/t17-,18-,19-,22+,23-/m0/s1. The minimum Gasteiger partial charge on any atom is -0.498 e. The van der Waals surface area contributed by atoms with Crippen molar-refractivity contribution in [1.29, 1.82) is 0 Å². The third-order valence-electron chi connectivity index (χ3n) is 8.58. The second-order valence-corrected chi connectivity index (χ2v) is 9.48. The van der Waals surface area contributed by atoms with E-state index in [0.29, 0.717) is 5.41 Å². The highest BCUT2D eigenvalue weighted by Crippen LogP contribution is 2.65. The van der Waals surface area contributed by atoms with Crippen LogP contribution in [0.3, 0.4) is 0 Å². The van der Waals surface area contributed by atoms with Crippen molar-refractivity contribution in [2.75, 3.05) is 6.61 Å². The average molecular weight is 357 g/mol. The van der Waals surface area contributed by atoms with Crippen molar-refractivity contribution in [2.45, 2.75) is 79.1 Å². The molecule has 0 aromatic heterocycles. The van der Waals surface area contributed by atoms with Crippen molar-refractivity contribution in [3.8, 4) is 0 Å². The predicted molar refractivity (Wildman–Crippen MR) is 108 cm³/mol. The van der Waals surface area contributed by atoms with Crippen molar-refractivity contribution < 1.29 is 4.74 Å². The van der Waals surface area contributed by atoms with Crippen molar-refractivity contribution in [3.63, 3.8) is 0 Å². The summed E-state index contributed by atoms with van der Waals surface area (Å²) in [6.45, 7) is 10.2. The molecule has 0 heterocycles. The molecule has 4 rings (SSSR count). The summed E-state index contributed by atoms with van der Waals surface area (Å²) in [7, 11) is 0. The van der Waals surface area contributed by atoms with Gasteiger partial charge in [0, 0.05) is 17.5 Å². The first-order valence-corrected chi connectivity index (χ1v) is 10.8. The summed E-state index contributed by atoms with van der Waals surface area (Å²) in [5.74, 6) is 9.37. The number of hydrazone groups is 1. The first kappa shape index (κ1) is 18.1. The van der Waals surface area contributed by atoms with Crippen LogP contribution in [0.4, 0.5) is 0 Å². The molecule has 0 amide bonds. The number of rotatable bonds is 3. The van der Waals surface area contributed by atoms with Crippen LogP contribution in [-0.4, -0.2) is 12.3 Å². The van der Waals surface area contributed by atoms with Crippen LogP contribution < -0.4 is 5.84 Å². The number of fused-ring (bicyclic) bond motifs is 5. The SMILES string of the molecule is CCOC1=CC2=C(CC)C[C@@H]3[C@H](CC[C@]4(C)/C(=N/N)CC[C@@H]34)[C@@]2(C)CC1. The van der Waals surface area contributed by atoms with Gasteiger partial charge in [-0.1, -0.05) is 26.3 Å². The summed E-state index contributed by atoms with van der Waals surface area (Å²) in [5.41, 5.74) is 5.20. The largest absolute Gasteiger partial charge is 0.498 e. The molecule has 0 spiro atoms. The smallest absolute Gasteiger partial charge is 0.0962 e. The number of hydrogen-bond donors (Lipinski definition) is 1. The van der Waals surface area contributed by atoms with Crippen molar-refractivity contribution >= 4 is 5.71 Å². The Kier molecular flexibility index (Phi) is 4.48. The van der Waals surface area contributed by atoms with Gasteiger partial charge in [0.05, 0.1) is 12.4 Å². The fourth-order valence-electron chi connectivity index (χ4n) is 7.20. The van der Waals surface area contributed by atoms with Crippen molar-refractivity contribution in [2.24, 2.45) is 39.5 Å². The highest BCUT2D eigenvalue weighted by molar-refractivity contribution is 5.92. The molecule has 26 heavy (non-hydrogen) atoms. The lowest BCUT2D eigenvalue weighted by atomic mass is 9.47. The molecule has 0 unspecified atom stereocenters. The van der Waals surface area contributed by atoms with Gasteiger partial charge in [0.25, 0.3) is 0 Å². The van der Waals surface area contributed by atoms with Crippen LogP contribution in [0.15, 0.2) is 28.1 Å². The summed E-state index contributed by atoms with van der Waals surface area (Å²) in [5, 5.41) is 4.23. The number of hydrogen-bond acceptors (Lipinski definition) is 3. The van der Waals surface area contributed by atoms with E-state index >= 15 is 0 Å². The monoisotopic (exact) mass is 356 g/mol. The first-order valence-electron chi connectivity index (χ1n) is 10.8. The fourth-order valence-corrected chi connectivity index (χ4v) is 7.20. The van der Waals surface area contributed by atoms with E-state index in [1.54, 1.807) is 11.1 Å². The number of nitrogens with two attached hydrogens (primary N) is 1. The maximum atomic E-state index is 5.92. The van der Waals surface area contributed by atoms with E-state index in [1.165, 1.54) is 50.0 Å². The Bertz CT molecular complexity index is 676. The third kappa shape index (κ3) is 2.42. The quantitative estimate of drug-likeness (QED) is 0.530. The molecule has 5 atom stereocenters. The third-order valence-corrected chi connectivity index (χ3v) is 8.58. The Morgan fingerprint density at radius 2 is 1.88 bits per heavy atom. The van der Waals surface area contributed by atoms with Crippen LogP contribution >= 0.6 is 0 Å². The highest BCUT2D eigenvalue weighted by Gasteiger charge is 2.58. The van der Waals surface area contributed by atoms with Gasteiger partial charge in [0.2, 0.25) is 0 Å². The minimum absolute atomic E-state index is 0.254. The Hall–Kier alpha value is -1.25. The van der Waals surface area contributed by atoms with Crippen LogP contribution in [0.2, 0.25) is 0 Å². The van der Waals surface area contributed by atoms with E-state index in [1.807, 2.05) is 0 Å². The van der Waals surface area contributed by atoms with Gasteiger partial charge in [-0.25, -0.2) is 0 Å². The lowest BCUT2D eigenvalue weighted by Gasteiger charge is -2.57. The van der Waals surface area contributed by atoms with Gasteiger partial charge in [-0.2, -0.15) is 5.10 Å². The fraction of sp³-hybridized carbons (Fsp3) is 0.783. The maximum absolute atomic E-state index is 5.92. The molecule has 4 aliphatic carbocycles. The number of allylic oxidation sites excluding steroid dienone is 4. The Morgan fingerprint density at radius 1 is 1.12 bits per heavy atom. The van der Waals surface area contributed by atoms with Crippen LogP contribution in [0, 0.1) is 28.6 Å². The van der Waals surface area contributed by atoms with Gasteiger partial charge in [0.15, 0.2) is 0 Å². The second kappa shape index (κ2) is 6.42. The molecule has 0 aliphatic heterocycles. The molecule has 3 heteroatoms. The molecule has 144 valence electrons. The zero-order valence-corrected chi connectivity index (χ0v) is 17.1. The zero-order valence-electron chi connectivity index (χ0n) is 17.1. The molecule has 0 aromatic rings. The molecule has 0 bridgehead atoms. The molecule has 3 nitrogen and oxygen atoms in total. The van der Waals surface area contributed by atoms with Crippen LogP contribution in [0.5, 0.6) is 0 Å². The second-order valence-electron chi connectivity index (χ2n) is 9.48. The van der Waals surface area contributed by atoms with Crippen molar-refractivity contribution in [3.05, 3.63) is 23.0 Å². The summed E-state index contributed by atoms with van der Waals surface area (Å²) in [4.78, 5) is 0. The van der Waals surface area contributed by atoms with E-state index in [4.69, 9.17) is 10.6 Å². The van der Waals surface area contributed by atoms with Gasteiger partial charge in [-0.05, 0) is 86.7 Å². The summed E-state index contributed by atoms with van der Waals surface area (Å²) in [6, 6.07) is 0. The Morgan fingerprint density at radius 3 is 2.58 bits per heavy atom. The molecule has 4 aliphatic rings. The normalized spacial score (nSPS) is 43.6. The lowest BCUT2D eigenvalue weighted by molar-refractivity contribution is -0.00486. The topological polar surface area (TPSA) is 47.6 Å². The molecule has 2 N–H and O–H groups in total. The summed E-state index contributed by atoms with van der Waals surface area (Å²) < 4.78 is 5.92. The Balaban J connectivity index is 1.75. The first-order chi connectivity index (χ1) is 12.5. The molecular formula is C23H36N2O. The van der Waals surface area contributed by atoms with E-state index in [2.05, 4.69) is 38.9 Å². The molecule has 0 aromatic carbocycles. The van der Waals surface area contributed by atoms with Crippen LogP contribution in [0.25, 0.3) is 0 Å². The Labute approximate surface area is 159 Å². The van der Waals surface area contributed by atoms with E-state index in [0.717, 1.165) is 37.2 Å². The molecular weight excluding hydrogens is 320 g/mol. The summed E-state index contributed by atoms with van der Waals surface area (Å²) >= 11 is 0. The lowest BCUT2D eigenvalue weighted by Crippen LogP contribution is -2.50. The van der Waals surface area contributed by atoms with Gasteiger partial charge in [0.1, 0.15) is 0 Å². The average Bonchev–Trinajstić information content (AvgIpc) is 2.98. The van der Waals surface area contributed by atoms with Gasteiger partial charge < -0.3 is 10.6 Å². The zero-order chi connectivity index (χ0) is 18.5. The van der Waals surface area contributed by atoms with Gasteiger partial charge >= 0.3 is 0 Å². The highest BCUT2D eigenvalue weighted by atomic mass is 16.5. The number of nitrogens with zero attached hydrogens (tertiary/aromatic N) is 1. The molecule has 0 radical (unpaired) electrons. The van der Waals surface area contributed by atoms with Crippen molar-refractivity contribution in [1.82, 2.24) is 0 Å². The van der Waals surface area contributed by atoms with Gasteiger partial charge in [-0.3, -0.25) is 0 Å². The molecule has 2 fully saturated rings. The van der Waals surface area contributed by atoms with Gasteiger partial charge in [-0.15, -0.1) is 0 Å². The van der Waals surface area contributed by atoms with E-state index in [-0.39, 0.29) is 5.41 Å². The minimum atomic E-state index is 0.254. The molecule has 0 saturated heterocycles.